The zero-order valence-corrected chi connectivity index (χ0v) is 14.8. The molecule has 4 nitrogen and oxygen atoms in total. The predicted octanol–water partition coefficient (Wildman–Crippen LogP) is 3.89. The summed E-state index contributed by atoms with van der Waals surface area (Å²) in [6.07, 6.45) is 3.12. The van der Waals surface area contributed by atoms with Crippen molar-refractivity contribution in [2.45, 2.75) is 39.7 Å². The van der Waals surface area contributed by atoms with Gasteiger partial charge in [0.2, 0.25) is 0 Å². The van der Waals surface area contributed by atoms with Gasteiger partial charge in [-0.3, -0.25) is 0 Å². The van der Waals surface area contributed by atoms with Gasteiger partial charge in [-0.2, -0.15) is 0 Å². The largest absolute Gasteiger partial charge is 0.409 e. The summed E-state index contributed by atoms with van der Waals surface area (Å²) in [7, 11) is 2.14. The molecule has 0 atom stereocenters. The minimum Gasteiger partial charge on any atom is -0.409 e. The molecule has 114 valence electrons. The van der Waals surface area contributed by atoms with Crippen molar-refractivity contribution >= 4 is 33.1 Å². The van der Waals surface area contributed by atoms with E-state index in [9.17, 15) is 0 Å². The highest BCUT2D eigenvalue weighted by atomic mass is 79.9. The maximum atomic E-state index is 8.73. The quantitative estimate of drug-likeness (QED) is 0.243. The Morgan fingerprint density at radius 3 is 2.75 bits per heavy atom. The zero-order valence-electron chi connectivity index (χ0n) is 12.4. The van der Waals surface area contributed by atoms with Crippen LogP contribution in [-0.2, 0) is 6.54 Å². The van der Waals surface area contributed by atoms with Gasteiger partial charge in [0.25, 0.3) is 0 Å². The van der Waals surface area contributed by atoms with Crippen LogP contribution in [0.5, 0.6) is 0 Å². The molecule has 0 radical (unpaired) electrons. The van der Waals surface area contributed by atoms with E-state index in [2.05, 4.69) is 44.5 Å². The Bertz CT molecular complexity index is 445. The Morgan fingerprint density at radius 2 is 2.20 bits per heavy atom. The highest BCUT2D eigenvalue weighted by Gasteiger charge is 2.22. The van der Waals surface area contributed by atoms with E-state index in [-0.39, 0.29) is 5.41 Å². The summed E-state index contributed by atoms with van der Waals surface area (Å²) in [5.41, 5.74) is 5.45. The van der Waals surface area contributed by atoms with Gasteiger partial charge in [-0.25, -0.2) is 0 Å². The van der Waals surface area contributed by atoms with E-state index >= 15 is 0 Å². The smallest absolute Gasteiger partial charge is 0.144 e. The average molecular weight is 362 g/mol. The Balaban J connectivity index is 2.24. The molecule has 0 saturated carbocycles. The number of hydrogen-bond donors (Lipinski definition) is 2. The molecule has 1 rings (SSSR count). The minimum atomic E-state index is -0.230. The van der Waals surface area contributed by atoms with Crippen LogP contribution >= 0.6 is 27.3 Å². The van der Waals surface area contributed by atoms with Crippen LogP contribution in [0, 0.1) is 5.41 Å². The van der Waals surface area contributed by atoms with E-state index < -0.39 is 0 Å². The molecule has 3 N–H and O–H groups in total. The first-order valence-electron chi connectivity index (χ1n) is 6.74. The number of oxime groups is 1. The van der Waals surface area contributed by atoms with Gasteiger partial charge in [-0.15, -0.1) is 11.3 Å². The standard InChI is InChI=1S/C14H24BrN3OS/c1-14(2,13(16)17-19)6-4-5-7-18(3)9-12-8-11(15)10-20-12/h8,10,19H,4-7,9H2,1-3H3,(H2,16,17). The van der Waals surface area contributed by atoms with E-state index in [1.165, 1.54) is 4.88 Å². The third kappa shape index (κ3) is 5.81. The Hall–Kier alpha value is -0.590. The van der Waals surface area contributed by atoms with Crippen LogP contribution in [-0.4, -0.2) is 29.5 Å². The molecule has 0 saturated heterocycles. The molecule has 0 amide bonds. The predicted molar refractivity (Wildman–Crippen MR) is 89.4 cm³/mol. The maximum Gasteiger partial charge on any atom is 0.144 e. The monoisotopic (exact) mass is 361 g/mol. The number of rotatable bonds is 8. The lowest BCUT2D eigenvalue weighted by atomic mass is 9.86. The van der Waals surface area contributed by atoms with Crippen LogP contribution < -0.4 is 5.73 Å². The fraction of sp³-hybridized carbons (Fsp3) is 0.643. The summed E-state index contributed by atoms with van der Waals surface area (Å²) < 4.78 is 1.16. The van der Waals surface area contributed by atoms with Crippen LogP contribution in [0.3, 0.4) is 0 Å². The van der Waals surface area contributed by atoms with Gasteiger partial charge in [0, 0.05) is 26.7 Å². The molecule has 0 aliphatic rings. The van der Waals surface area contributed by atoms with Crippen molar-refractivity contribution in [3.05, 3.63) is 20.8 Å². The van der Waals surface area contributed by atoms with Gasteiger partial charge in [-0.1, -0.05) is 25.4 Å². The van der Waals surface area contributed by atoms with Gasteiger partial charge in [0.05, 0.1) is 0 Å². The second kappa shape index (κ2) is 8.00. The molecule has 6 heteroatoms. The molecule has 0 fully saturated rings. The molecular weight excluding hydrogens is 338 g/mol. The van der Waals surface area contributed by atoms with Crippen LogP contribution in [0.1, 0.15) is 38.0 Å². The van der Waals surface area contributed by atoms with Crippen molar-refractivity contribution in [2.75, 3.05) is 13.6 Å². The fourth-order valence-electron chi connectivity index (χ4n) is 1.99. The van der Waals surface area contributed by atoms with Crippen molar-refractivity contribution < 1.29 is 5.21 Å². The topological polar surface area (TPSA) is 61.8 Å². The van der Waals surface area contributed by atoms with Gasteiger partial charge < -0.3 is 15.8 Å². The van der Waals surface area contributed by atoms with Crippen LogP contribution in [0.4, 0.5) is 0 Å². The average Bonchev–Trinajstić information content (AvgIpc) is 2.79. The van der Waals surface area contributed by atoms with E-state index in [0.717, 1.165) is 36.8 Å². The van der Waals surface area contributed by atoms with Crippen molar-refractivity contribution in [2.24, 2.45) is 16.3 Å². The maximum absolute atomic E-state index is 8.73. The number of hydrogen-bond acceptors (Lipinski definition) is 4. The van der Waals surface area contributed by atoms with Crippen molar-refractivity contribution in [1.82, 2.24) is 4.90 Å². The van der Waals surface area contributed by atoms with Gasteiger partial charge in [0.1, 0.15) is 5.84 Å². The van der Waals surface area contributed by atoms with Crippen molar-refractivity contribution in [3.8, 4) is 0 Å². The molecule has 0 spiro atoms. The Kier molecular flexibility index (Phi) is 6.99. The number of halogens is 1. The molecule has 20 heavy (non-hydrogen) atoms. The van der Waals surface area contributed by atoms with Crippen LogP contribution in [0.25, 0.3) is 0 Å². The molecule has 0 unspecified atom stereocenters. The molecular formula is C14H24BrN3OS. The molecule has 0 aliphatic carbocycles. The third-order valence-electron chi connectivity index (χ3n) is 3.44. The number of thiophene rings is 1. The molecule has 1 aromatic rings. The van der Waals surface area contributed by atoms with Crippen LogP contribution in [0.15, 0.2) is 21.1 Å². The highest BCUT2D eigenvalue weighted by molar-refractivity contribution is 9.10. The SMILES string of the molecule is CN(CCCCC(C)(C)C(N)=NO)Cc1cc(Br)cs1. The van der Waals surface area contributed by atoms with Crippen molar-refractivity contribution in [1.29, 1.82) is 0 Å². The van der Waals surface area contributed by atoms with Crippen molar-refractivity contribution in [3.63, 3.8) is 0 Å². The molecule has 1 heterocycles. The minimum absolute atomic E-state index is 0.230. The molecule has 0 bridgehead atoms. The highest BCUT2D eigenvalue weighted by Crippen LogP contribution is 2.24. The van der Waals surface area contributed by atoms with E-state index in [4.69, 9.17) is 10.9 Å². The molecule has 0 aromatic carbocycles. The second-order valence-corrected chi connectivity index (χ2v) is 7.71. The van der Waals surface area contributed by atoms with E-state index in [1.54, 1.807) is 11.3 Å². The van der Waals surface area contributed by atoms with Crippen LogP contribution in [0.2, 0.25) is 0 Å². The number of nitrogens with zero attached hydrogens (tertiary/aromatic N) is 2. The number of nitrogens with two attached hydrogens (primary N) is 1. The summed E-state index contributed by atoms with van der Waals surface area (Å²) in [5, 5.41) is 14.0. The lowest BCUT2D eigenvalue weighted by Crippen LogP contribution is -2.32. The first-order chi connectivity index (χ1) is 9.35. The molecule has 1 aromatic heterocycles. The fourth-order valence-corrected chi connectivity index (χ4v) is 3.52. The van der Waals surface area contributed by atoms with Gasteiger partial charge >= 0.3 is 0 Å². The first-order valence-corrected chi connectivity index (χ1v) is 8.42. The summed E-state index contributed by atoms with van der Waals surface area (Å²) in [6, 6.07) is 2.17. The lowest BCUT2D eigenvalue weighted by Gasteiger charge is -2.23. The zero-order chi connectivity index (χ0) is 15.2. The summed E-state index contributed by atoms with van der Waals surface area (Å²) in [4.78, 5) is 3.70. The van der Waals surface area contributed by atoms with Gasteiger partial charge in [-0.05, 0) is 48.4 Å². The first kappa shape index (κ1) is 17.5. The van der Waals surface area contributed by atoms with E-state index in [1.807, 2.05) is 13.8 Å². The summed E-state index contributed by atoms with van der Waals surface area (Å²) in [5.74, 6) is 0.314. The van der Waals surface area contributed by atoms with Gasteiger partial charge in [0.15, 0.2) is 0 Å². The third-order valence-corrected chi connectivity index (χ3v) is 5.12. The van der Waals surface area contributed by atoms with E-state index in [0.29, 0.717) is 5.84 Å². The Labute approximate surface area is 133 Å². The molecule has 0 aliphatic heterocycles. The number of amidine groups is 1. The normalized spacial score (nSPS) is 13.2. The lowest BCUT2D eigenvalue weighted by molar-refractivity contribution is 0.296. The summed E-state index contributed by atoms with van der Waals surface area (Å²) in [6.45, 7) is 6.06. The number of unbranched alkanes of at least 4 members (excludes halogenated alkanes) is 1. The summed E-state index contributed by atoms with van der Waals surface area (Å²) >= 11 is 5.26. The second-order valence-electron chi connectivity index (χ2n) is 5.80. The Morgan fingerprint density at radius 1 is 1.50 bits per heavy atom.